The topological polar surface area (TPSA) is 0 Å². The third kappa shape index (κ3) is 1.72. The second-order valence-electron chi connectivity index (χ2n) is 2.09. The number of rotatable bonds is 1. The lowest BCUT2D eigenvalue weighted by Gasteiger charge is -1.78. The molecule has 0 aromatic rings. The molecule has 0 heterocycles. The second-order valence-corrected chi connectivity index (χ2v) is 2.09. The molecule has 1 aliphatic rings. The van der Waals surface area contributed by atoms with Gasteiger partial charge in [-0.05, 0) is 25.7 Å². The quantitative estimate of drug-likeness (QED) is 0.474. The number of hydrogen-bond donors (Lipinski definition) is 0. The standard InChI is InChI=1S/C6H9F/c1-5(7)4-6-2-3-6/h4,6H,2-3H2,1H3/b5-4-. The number of halogens is 1. The van der Waals surface area contributed by atoms with Gasteiger partial charge in [0.25, 0.3) is 0 Å². The van der Waals surface area contributed by atoms with E-state index in [0.29, 0.717) is 5.92 Å². The van der Waals surface area contributed by atoms with Crippen LogP contribution in [0.25, 0.3) is 0 Å². The molecule has 0 saturated heterocycles. The van der Waals surface area contributed by atoms with E-state index in [1.165, 1.54) is 19.8 Å². The van der Waals surface area contributed by atoms with Gasteiger partial charge >= 0.3 is 0 Å². The fraction of sp³-hybridized carbons (Fsp3) is 0.667. The van der Waals surface area contributed by atoms with Gasteiger partial charge in [0.1, 0.15) is 0 Å². The monoisotopic (exact) mass is 100 g/mol. The lowest BCUT2D eigenvalue weighted by molar-refractivity contribution is 0.631. The van der Waals surface area contributed by atoms with Crippen LogP contribution in [0.2, 0.25) is 0 Å². The minimum Gasteiger partial charge on any atom is -0.212 e. The fourth-order valence-electron chi connectivity index (χ4n) is 0.588. The zero-order chi connectivity index (χ0) is 5.28. The van der Waals surface area contributed by atoms with Crippen molar-refractivity contribution in [3.8, 4) is 0 Å². The van der Waals surface area contributed by atoms with E-state index in [-0.39, 0.29) is 5.83 Å². The van der Waals surface area contributed by atoms with Gasteiger partial charge in [0.05, 0.1) is 5.83 Å². The van der Waals surface area contributed by atoms with E-state index in [1.54, 1.807) is 6.08 Å². The van der Waals surface area contributed by atoms with E-state index < -0.39 is 0 Å². The van der Waals surface area contributed by atoms with E-state index in [9.17, 15) is 4.39 Å². The summed E-state index contributed by atoms with van der Waals surface area (Å²) in [4.78, 5) is 0. The van der Waals surface area contributed by atoms with Crippen molar-refractivity contribution in [2.75, 3.05) is 0 Å². The molecule has 1 fully saturated rings. The molecule has 0 N–H and O–H groups in total. The maximum Gasteiger partial charge on any atom is 0.0931 e. The van der Waals surface area contributed by atoms with Crippen molar-refractivity contribution >= 4 is 0 Å². The Bertz CT molecular complexity index is 86.4. The summed E-state index contributed by atoms with van der Waals surface area (Å²) in [6.07, 6.45) is 4.09. The summed E-state index contributed by atoms with van der Waals surface area (Å²) in [6.45, 7) is 1.50. The average Bonchev–Trinajstić information content (AvgIpc) is 2.17. The normalized spacial score (nSPS) is 22.9. The van der Waals surface area contributed by atoms with Gasteiger partial charge in [-0.3, -0.25) is 0 Å². The molecule has 0 amide bonds. The molecule has 1 rings (SSSR count). The summed E-state index contributed by atoms with van der Waals surface area (Å²) in [5, 5.41) is 0. The predicted octanol–water partition coefficient (Wildman–Crippen LogP) is 2.27. The first kappa shape index (κ1) is 4.82. The summed E-state index contributed by atoms with van der Waals surface area (Å²) >= 11 is 0. The molecule has 40 valence electrons. The van der Waals surface area contributed by atoms with E-state index in [4.69, 9.17) is 0 Å². The molecule has 0 nitrogen and oxygen atoms in total. The van der Waals surface area contributed by atoms with Crippen LogP contribution >= 0.6 is 0 Å². The zero-order valence-corrected chi connectivity index (χ0v) is 4.45. The Morgan fingerprint density at radius 3 is 2.43 bits per heavy atom. The van der Waals surface area contributed by atoms with Crippen molar-refractivity contribution in [2.45, 2.75) is 19.8 Å². The number of hydrogen-bond acceptors (Lipinski definition) is 0. The Hall–Kier alpha value is -0.330. The summed E-state index contributed by atoms with van der Waals surface area (Å²) in [7, 11) is 0. The number of allylic oxidation sites excluding steroid dienone is 2. The van der Waals surface area contributed by atoms with Crippen molar-refractivity contribution < 1.29 is 4.39 Å². The fourth-order valence-corrected chi connectivity index (χ4v) is 0.588. The first-order valence-electron chi connectivity index (χ1n) is 2.63. The molecular weight excluding hydrogens is 91.1 g/mol. The van der Waals surface area contributed by atoms with Crippen molar-refractivity contribution in [1.82, 2.24) is 0 Å². The third-order valence-electron chi connectivity index (χ3n) is 1.09. The molecular formula is C6H9F. The highest BCUT2D eigenvalue weighted by Gasteiger charge is 2.17. The summed E-state index contributed by atoms with van der Waals surface area (Å²) in [6, 6.07) is 0. The molecule has 0 unspecified atom stereocenters. The average molecular weight is 100 g/mol. The molecule has 0 bridgehead atoms. The molecule has 0 radical (unpaired) electrons. The van der Waals surface area contributed by atoms with E-state index in [1.807, 2.05) is 0 Å². The van der Waals surface area contributed by atoms with Crippen molar-refractivity contribution in [1.29, 1.82) is 0 Å². The molecule has 1 heteroatoms. The van der Waals surface area contributed by atoms with E-state index in [0.717, 1.165) is 0 Å². The largest absolute Gasteiger partial charge is 0.212 e. The SMILES string of the molecule is C/C(F)=C/C1CC1. The first-order valence-corrected chi connectivity index (χ1v) is 2.63. The molecule has 0 aliphatic heterocycles. The van der Waals surface area contributed by atoms with Gasteiger partial charge in [-0.25, -0.2) is 4.39 Å². The highest BCUT2D eigenvalue weighted by atomic mass is 19.1. The van der Waals surface area contributed by atoms with Crippen LogP contribution in [0.5, 0.6) is 0 Å². The summed E-state index contributed by atoms with van der Waals surface area (Å²) in [5.74, 6) is 0.563. The minimum absolute atomic E-state index is 0.0255. The van der Waals surface area contributed by atoms with Crippen LogP contribution in [-0.4, -0.2) is 0 Å². The molecule has 0 atom stereocenters. The lowest BCUT2D eigenvalue weighted by atomic mass is 10.4. The van der Waals surface area contributed by atoms with Crippen LogP contribution in [0.15, 0.2) is 11.9 Å². The lowest BCUT2D eigenvalue weighted by Crippen LogP contribution is -1.63. The Balaban J connectivity index is 2.29. The van der Waals surface area contributed by atoms with Crippen LogP contribution in [0.3, 0.4) is 0 Å². The first-order chi connectivity index (χ1) is 3.29. The van der Waals surface area contributed by atoms with Crippen LogP contribution in [0.1, 0.15) is 19.8 Å². The molecule has 1 aliphatic carbocycles. The molecule has 7 heavy (non-hydrogen) atoms. The molecule has 1 saturated carbocycles. The minimum atomic E-state index is -0.0255. The summed E-state index contributed by atoms with van der Waals surface area (Å²) in [5.41, 5.74) is 0. The Morgan fingerprint density at radius 2 is 2.29 bits per heavy atom. The highest BCUT2D eigenvalue weighted by molar-refractivity contribution is 4.98. The smallest absolute Gasteiger partial charge is 0.0931 e. The van der Waals surface area contributed by atoms with Crippen molar-refractivity contribution in [3.05, 3.63) is 11.9 Å². The van der Waals surface area contributed by atoms with Gasteiger partial charge in [-0.2, -0.15) is 0 Å². The second kappa shape index (κ2) is 1.65. The van der Waals surface area contributed by atoms with Crippen LogP contribution in [-0.2, 0) is 0 Å². The van der Waals surface area contributed by atoms with Gasteiger partial charge in [0, 0.05) is 0 Å². The Morgan fingerprint density at radius 1 is 1.71 bits per heavy atom. The Kier molecular flexibility index (Phi) is 1.13. The van der Waals surface area contributed by atoms with Crippen LogP contribution in [0, 0.1) is 5.92 Å². The van der Waals surface area contributed by atoms with Crippen molar-refractivity contribution in [2.24, 2.45) is 5.92 Å². The predicted molar refractivity (Wildman–Crippen MR) is 27.6 cm³/mol. The van der Waals surface area contributed by atoms with Gasteiger partial charge in [0.15, 0.2) is 0 Å². The highest BCUT2D eigenvalue weighted by Crippen LogP contribution is 2.31. The molecule has 0 aromatic heterocycles. The van der Waals surface area contributed by atoms with Gasteiger partial charge in [-0.15, -0.1) is 0 Å². The van der Waals surface area contributed by atoms with Crippen molar-refractivity contribution in [3.63, 3.8) is 0 Å². The van der Waals surface area contributed by atoms with E-state index in [2.05, 4.69) is 0 Å². The Labute approximate surface area is 43.0 Å². The van der Waals surface area contributed by atoms with Crippen LogP contribution in [0.4, 0.5) is 4.39 Å². The molecule has 0 spiro atoms. The maximum atomic E-state index is 11.9. The van der Waals surface area contributed by atoms with Gasteiger partial charge in [0.2, 0.25) is 0 Å². The van der Waals surface area contributed by atoms with Gasteiger partial charge in [-0.1, -0.05) is 6.08 Å². The third-order valence-corrected chi connectivity index (χ3v) is 1.09. The summed E-state index contributed by atoms with van der Waals surface area (Å²) < 4.78 is 11.9. The molecule has 0 aromatic carbocycles. The van der Waals surface area contributed by atoms with Crippen LogP contribution < -0.4 is 0 Å². The van der Waals surface area contributed by atoms with E-state index >= 15 is 0 Å². The maximum absolute atomic E-state index is 11.9. The zero-order valence-electron chi connectivity index (χ0n) is 4.45. The van der Waals surface area contributed by atoms with Gasteiger partial charge < -0.3 is 0 Å².